The van der Waals surface area contributed by atoms with E-state index in [1.165, 1.54) is 4.90 Å². The molecule has 0 aromatic carbocycles. The highest BCUT2D eigenvalue weighted by molar-refractivity contribution is 6.22. The number of carbonyl (C=O) groups is 2. The summed E-state index contributed by atoms with van der Waals surface area (Å²) in [6, 6.07) is 0.760. The second-order valence-corrected chi connectivity index (χ2v) is 4.13. The van der Waals surface area contributed by atoms with E-state index in [0.29, 0.717) is 18.2 Å². The van der Waals surface area contributed by atoms with Crippen molar-refractivity contribution in [3.8, 4) is 6.07 Å². The number of nitrogens with zero attached hydrogens (tertiary/aromatic N) is 5. The monoisotopic (exact) mass is 248 g/mol. The lowest BCUT2D eigenvalue weighted by molar-refractivity contribution is -0.532. The van der Waals surface area contributed by atoms with Gasteiger partial charge in [-0.25, -0.2) is 14.3 Å². The highest BCUT2D eigenvalue weighted by Gasteiger charge is 2.52. The molecule has 0 saturated carbocycles. The van der Waals surface area contributed by atoms with Crippen molar-refractivity contribution in [3.63, 3.8) is 0 Å². The normalized spacial score (nSPS) is 23.2. The fraction of sp³-hybridized carbons (Fsp3) is 0.545. The average Bonchev–Trinajstić information content (AvgIpc) is 2.69. The van der Waals surface area contributed by atoms with Gasteiger partial charge in [-0.05, 0) is 11.9 Å². The Balaban J connectivity index is 2.45. The molecule has 0 radical (unpaired) electrons. The third-order valence-corrected chi connectivity index (χ3v) is 3.18. The molecule has 2 aliphatic heterocycles. The Kier molecular flexibility index (Phi) is 2.87. The van der Waals surface area contributed by atoms with Crippen LogP contribution < -0.4 is 0 Å². The van der Waals surface area contributed by atoms with Crippen LogP contribution in [-0.2, 0) is 4.79 Å². The number of amides is 3. The number of carbonyl (C=O) groups excluding carboxylic acids is 2. The van der Waals surface area contributed by atoms with Gasteiger partial charge < -0.3 is 0 Å². The number of urea groups is 1. The van der Waals surface area contributed by atoms with E-state index < -0.39 is 12.1 Å². The minimum atomic E-state index is -0.578. The van der Waals surface area contributed by atoms with Gasteiger partial charge in [0.25, 0.3) is 23.6 Å². The summed E-state index contributed by atoms with van der Waals surface area (Å²) in [5.74, 6) is 0.778. The average molecular weight is 248 g/mol. The first-order valence-electron chi connectivity index (χ1n) is 5.67. The molecule has 7 heteroatoms. The van der Waals surface area contributed by atoms with E-state index in [9.17, 15) is 9.59 Å². The highest BCUT2D eigenvalue weighted by Crippen LogP contribution is 2.19. The molecule has 0 spiro atoms. The molecule has 94 valence electrons. The van der Waals surface area contributed by atoms with Crippen molar-refractivity contribution >= 4 is 23.6 Å². The summed E-state index contributed by atoms with van der Waals surface area (Å²) < 4.78 is 1.82. The van der Waals surface area contributed by atoms with Crippen molar-refractivity contribution in [3.05, 3.63) is 0 Å². The zero-order valence-electron chi connectivity index (χ0n) is 10.5. The topological polar surface area (TPSA) is 79.8 Å². The summed E-state index contributed by atoms with van der Waals surface area (Å²) in [4.78, 5) is 30.8. The van der Waals surface area contributed by atoms with Gasteiger partial charge in [-0.1, -0.05) is 0 Å². The SMILES string of the molecule is CC[N+]1=C(C)N=C2C1C(=O)N(CC#N)C(=O)N2C. The van der Waals surface area contributed by atoms with Crippen LogP contribution in [0.3, 0.4) is 0 Å². The molecule has 7 nitrogen and oxygen atoms in total. The first kappa shape index (κ1) is 12.2. The van der Waals surface area contributed by atoms with E-state index in [1.54, 1.807) is 14.0 Å². The van der Waals surface area contributed by atoms with Crippen molar-refractivity contribution in [2.75, 3.05) is 20.1 Å². The summed E-state index contributed by atoms with van der Waals surface area (Å²) in [5.41, 5.74) is 0. The van der Waals surface area contributed by atoms with Crippen molar-refractivity contribution < 1.29 is 14.2 Å². The van der Waals surface area contributed by atoms with E-state index in [0.717, 1.165) is 4.90 Å². The minimum absolute atomic E-state index is 0.234. The largest absolute Gasteiger partial charge is 0.334 e. The third-order valence-electron chi connectivity index (χ3n) is 3.18. The van der Waals surface area contributed by atoms with Crippen LogP contribution in [0.4, 0.5) is 4.79 Å². The number of hydrogen-bond donors (Lipinski definition) is 0. The Bertz CT molecular complexity index is 528. The summed E-state index contributed by atoms with van der Waals surface area (Å²) in [5, 5.41) is 8.69. The minimum Gasteiger partial charge on any atom is -0.269 e. The third kappa shape index (κ3) is 1.49. The van der Waals surface area contributed by atoms with Gasteiger partial charge in [0.15, 0.2) is 0 Å². The molecular formula is C11H14N5O2+. The molecule has 2 rings (SSSR count). The number of aliphatic imine (C=N–C) groups is 1. The summed E-state index contributed by atoms with van der Waals surface area (Å²) in [6.45, 7) is 4.11. The molecule has 1 atom stereocenters. The fourth-order valence-electron chi connectivity index (χ4n) is 2.27. The van der Waals surface area contributed by atoms with E-state index in [4.69, 9.17) is 5.26 Å². The number of rotatable bonds is 2. The fourth-order valence-corrected chi connectivity index (χ4v) is 2.27. The zero-order valence-corrected chi connectivity index (χ0v) is 10.5. The van der Waals surface area contributed by atoms with Crippen LogP contribution in [-0.4, -0.2) is 64.2 Å². The Labute approximate surface area is 105 Å². The van der Waals surface area contributed by atoms with E-state index in [1.807, 2.05) is 17.6 Å². The molecule has 2 heterocycles. The number of imide groups is 1. The van der Waals surface area contributed by atoms with Crippen LogP contribution in [0.5, 0.6) is 0 Å². The van der Waals surface area contributed by atoms with Crippen molar-refractivity contribution in [1.29, 1.82) is 5.26 Å². The number of nitriles is 1. The number of likely N-dealkylation sites (N-methyl/N-ethyl adjacent to an activating group) is 2. The predicted molar refractivity (Wildman–Crippen MR) is 63.2 cm³/mol. The Morgan fingerprint density at radius 2 is 2.17 bits per heavy atom. The second-order valence-electron chi connectivity index (χ2n) is 4.13. The number of fused-ring (bicyclic) bond motifs is 1. The van der Waals surface area contributed by atoms with Gasteiger partial charge in [0.1, 0.15) is 6.54 Å². The molecular weight excluding hydrogens is 234 g/mol. The van der Waals surface area contributed by atoms with Crippen molar-refractivity contribution in [2.45, 2.75) is 19.9 Å². The van der Waals surface area contributed by atoms with Crippen molar-refractivity contribution in [2.24, 2.45) is 4.99 Å². The molecule has 1 saturated heterocycles. The van der Waals surface area contributed by atoms with Crippen LogP contribution in [0, 0.1) is 11.3 Å². The standard InChI is InChI=1S/C11H14N5O2/c1-4-15-7(2)13-9-8(15)10(17)16(6-5-12)11(18)14(9)3/h8H,4,6H2,1-3H3/q+1. The first-order valence-corrected chi connectivity index (χ1v) is 5.67. The summed E-state index contributed by atoms with van der Waals surface area (Å²) >= 11 is 0. The Hall–Kier alpha value is -2.23. The van der Waals surface area contributed by atoms with Crippen LogP contribution in [0.15, 0.2) is 4.99 Å². The van der Waals surface area contributed by atoms with Gasteiger partial charge in [0, 0.05) is 14.0 Å². The maximum Gasteiger partial charge on any atom is 0.334 e. The molecule has 0 aromatic heterocycles. The lowest BCUT2D eigenvalue weighted by Gasteiger charge is -2.31. The maximum absolute atomic E-state index is 12.3. The van der Waals surface area contributed by atoms with Gasteiger partial charge in [0.05, 0.1) is 12.6 Å². The molecule has 1 fully saturated rings. The van der Waals surface area contributed by atoms with Crippen LogP contribution >= 0.6 is 0 Å². The predicted octanol–water partition coefficient (Wildman–Crippen LogP) is -0.365. The zero-order chi connectivity index (χ0) is 13.4. The summed E-state index contributed by atoms with van der Waals surface area (Å²) in [6.07, 6.45) is 0. The Morgan fingerprint density at radius 3 is 2.72 bits per heavy atom. The lowest BCUT2D eigenvalue weighted by Crippen LogP contribution is -2.62. The molecule has 0 N–H and O–H groups in total. The molecule has 0 aliphatic carbocycles. The number of amidine groups is 2. The van der Waals surface area contributed by atoms with Crippen LogP contribution in [0.2, 0.25) is 0 Å². The molecule has 1 unspecified atom stereocenters. The van der Waals surface area contributed by atoms with Gasteiger partial charge in [-0.2, -0.15) is 5.26 Å². The van der Waals surface area contributed by atoms with Gasteiger partial charge in [-0.3, -0.25) is 9.69 Å². The van der Waals surface area contributed by atoms with Crippen LogP contribution in [0.1, 0.15) is 13.8 Å². The first-order chi connectivity index (χ1) is 8.52. The maximum atomic E-state index is 12.3. The van der Waals surface area contributed by atoms with Gasteiger partial charge in [0.2, 0.25) is 0 Å². The van der Waals surface area contributed by atoms with Gasteiger partial charge >= 0.3 is 6.03 Å². The quantitative estimate of drug-likeness (QED) is 0.494. The van der Waals surface area contributed by atoms with Crippen LogP contribution in [0.25, 0.3) is 0 Å². The van der Waals surface area contributed by atoms with Gasteiger partial charge in [-0.15, -0.1) is 0 Å². The molecule has 0 bridgehead atoms. The molecule has 2 aliphatic rings. The lowest BCUT2D eigenvalue weighted by atomic mass is 10.1. The smallest absolute Gasteiger partial charge is 0.269 e. The summed E-state index contributed by atoms with van der Waals surface area (Å²) in [7, 11) is 1.57. The van der Waals surface area contributed by atoms with E-state index in [2.05, 4.69) is 4.99 Å². The second kappa shape index (κ2) is 4.22. The van der Waals surface area contributed by atoms with E-state index >= 15 is 0 Å². The molecule has 3 amide bonds. The highest BCUT2D eigenvalue weighted by atomic mass is 16.2. The number of hydrogen-bond acceptors (Lipinski definition) is 4. The molecule has 18 heavy (non-hydrogen) atoms. The van der Waals surface area contributed by atoms with Crippen molar-refractivity contribution in [1.82, 2.24) is 9.80 Å². The van der Waals surface area contributed by atoms with E-state index in [-0.39, 0.29) is 12.5 Å². The molecule has 0 aromatic rings. The Morgan fingerprint density at radius 1 is 1.50 bits per heavy atom.